The molecule has 2 aliphatic rings. The van der Waals surface area contributed by atoms with E-state index in [1.165, 1.54) is 19.3 Å². The van der Waals surface area contributed by atoms with Crippen molar-refractivity contribution in [3.63, 3.8) is 0 Å². The van der Waals surface area contributed by atoms with Crippen LogP contribution in [0.4, 0.5) is 0 Å². The zero-order chi connectivity index (χ0) is 18.2. The third kappa shape index (κ3) is 5.51. The number of amides is 1. The van der Waals surface area contributed by atoms with E-state index < -0.39 is 0 Å². The van der Waals surface area contributed by atoms with Gasteiger partial charge in [-0.05, 0) is 64.0 Å². The van der Waals surface area contributed by atoms with Crippen molar-refractivity contribution in [3.05, 3.63) is 18.2 Å². The van der Waals surface area contributed by atoms with Crippen molar-refractivity contribution in [2.45, 2.75) is 19.3 Å². The minimum atomic E-state index is 0.0629. The number of ether oxygens (including phenoxy) is 3. The van der Waals surface area contributed by atoms with Gasteiger partial charge in [0.1, 0.15) is 12.4 Å². The highest BCUT2D eigenvalue weighted by Gasteiger charge is 2.20. The lowest BCUT2D eigenvalue weighted by atomic mass is 9.93. The molecule has 2 aliphatic heterocycles. The molecule has 1 aromatic carbocycles. The van der Waals surface area contributed by atoms with Crippen LogP contribution in [0.2, 0.25) is 0 Å². The highest BCUT2D eigenvalue weighted by Crippen LogP contribution is 2.34. The second-order valence-electron chi connectivity index (χ2n) is 6.83. The summed E-state index contributed by atoms with van der Waals surface area (Å²) in [6.07, 6.45) is 3.60. The van der Waals surface area contributed by atoms with Gasteiger partial charge in [0.2, 0.25) is 12.7 Å². The van der Waals surface area contributed by atoms with Crippen molar-refractivity contribution in [3.8, 4) is 17.2 Å². The van der Waals surface area contributed by atoms with Crippen LogP contribution < -0.4 is 24.8 Å². The maximum Gasteiger partial charge on any atom is 0.234 e. The van der Waals surface area contributed by atoms with Gasteiger partial charge in [-0.25, -0.2) is 0 Å². The minimum absolute atomic E-state index is 0.0629. The van der Waals surface area contributed by atoms with Crippen LogP contribution in [-0.2, 0) is 4.79 Å². The monoisotopic (exact) mass is 363 g/mol. The summed E-state index contributed by atoms with van der Waals surface area (Å²) in [6.45, 7) is 4.74. The molecule has 26 heavy (non-hydrogen) atoms. The molecule has 7 nitrogen and oxygen atoms in total. The number of nitrogens with zero attached hydrogens (tertiary/aromatic N) is 1. The summed E-state index contributed by atoms with van der Waals surface area (Å²) in [4.78, 5) is 14.3. The van der Waals surface area contributed by atoms with E-state index in [1.807, 2.05) is 25.2 Å². The number of carbonyl (C=O) groups is 1. The van der Waals surface area contributed by atoms with Gasteiger partial charge in [0.15, 0.2) is 11.5 Å². The molecule has 1 saturated heterocycles. The molecule has 2 heterocycles. The van der Waals surface area contributed by atoms with Crippen molar-refractivity contribution < 1.29 is 19.0 Å². The average Bonchev–Trinajstić information content (AvgIpc) is 3.12. The Kier molecular flexibility index (Phi) is 6.96. The first-order valence-corrected chi connectivity index (χ1v) is 9.40. The zero-order valence-electron chi connectivity index (χ0n) is 15.5. The lowest BCUT2D eigenvalue weighted by molar-refractivity contribution is -0.122. The summed E-state index contributed by atoms with van der Waals surface area (Å²) in [5, 5.41) is 6.13. The van der Waals surface area contributed by atoms with Crippen LogP contribution in [-0.4, -0.2) is 64.0 Å². The number of nitrogens with one attached hydrogen (secondary N) is 2. The molecule has 1 fully saturated rings. The number of fused-ring (bicyclic) bond motifs is 1. The third-order valence-electron chi connectivity index (χ3n) is 4.91. The van der Waals surface area contributed by atoms with Gasteiger partial charge < -0.3 is 24.8 Å². The van der Waals surface area contributed by atoms with Crippen LogP contribution in [0.1, 0.15) is 19.3 Å². The van der Waals surface area contributed by atoms with Gasteiger partial charge in [0.25, 0.3) is 0 Å². The number of likely N-dealkylation sites (tertiary alicyclic amines) is 1. The Morgan fingerprint density at radius 2 is 2.04 bits per heavy atom. The number of hydrogen-bond acceptors (Lipinski definition) is 6. The highest BCUT2D eigenvalue weighted by molar-refractivity contribution is 5.78. The molecular weight excluding hydrogens is 334 g/mol. The van der Waals surface area contributed by atoms with Crippen LogP contribution >= 0.6 is 0 Å². The van der Waals surface area contributed by atoms with Gasteiger partial charge in [0.05, 0.1) is 13.1 Å². The van der Waals surface area contributed by atoms with E-state index in [9.17, 15) is 4.79 Å². The first-order valence-electron chi connectivity index (χ1n) is 9.40. The lowest BCUT2D eigenvalue weighted by Gasteiger charge is -2.31. The van der Waals surface area contributed by atoms with Crippen LogP contribution in [0.5, 0.6) is 17.2 Å². The summed E-state index contributed by atoms with van der Waals surface area (Å²) in [5.74, 6) is 3.00. The van der Waals surface area contributed by atoms with Crippen LogP contribution in [0.15, 0.2) is 18.2 Å². The van der Waals surface area contributed by atoms with E-state index in [0.29, 0.717) is 31.2 Å². The quantitative estimate of drug-likeness (QED) is 0.643. The predicted molar refractivity (Wildman–Crippen MR) is 98.8 cm³/mol. The molecule has 0 radical (unpaired) electrons. The number of benzene rings is 1. The highest BCUT2D eigenvalue weighted by atomic mass is 16.7. The van der Waals surface area contributed by atoms with E-state index in [0.717, 1.165) is 31.3 Å². The number of hydrogen-bond donors (Lipinski definition) is 2. The van der Waals surface area contributed by atoms with Gasteiger partial charge in [-0.1, -0.05) is 0 Å². The Balaban J connectivity index is 1.28. The minimum Gasteiger partial charge on any atom is -0.492 e. The third-order valence-corrected chi connectivity index (χ3v) is 4.91. The first kappa shape index (κ1) is 18.8. The summed E-state index contributed by atoms with van der Waals surface area (Å²) in [7, 11) is 2.00. The molecule has 144 valence electrons. The first-order chi connectivity index (χ1) is 12.7. The van der Waals surface area contributed by atoms with Crippen LogP contribution in [0.25, 0.3) is 0 Å². The predicted octanol–water partition coefficient (Wildman–Crippen LogP) is 1.23. The van der Waals surface area contributed by atoms with Crippen molar-refractivity contribution in [1.29, 1.82) is 0 Å². The van der Waals surface area contributed by atoms with Crippen molar-refractivity contribution in [2.24, 2.45) is 5.92 Å². The number of carbonyl (C=O) groups excluding carboxylic acids is 1. The largest absolute Gasteiger partial charge is 0.492 e. The summed E-state index contributed by atoms with van der Waals surface area (Å²) in [5.41, 5.74) is 0. The maximum absolute atomic E-state index is 12.1. The van der Waals surface area contributed by atoms with E-state index in [2.05, 4.69) is 15.5 Å². The second kappa shape index (κ2) is 9.64. The molecule has 3 rings (SSSR count). The number of piperidine rings is 1. The summed E-state index contributed by atoms with van der Waals surface area (Å²) < 4.78 is 16.2. The molecule has 7 heteroatoms. The Morgan fingerprint density at radius 3 is 2.85 bits per heavy atom. The molecule has 2 N–H and O–H groups in total. The van der Waals surface area contributed by atoms with E-state index >= 15 is 0 Å². The normalized spacial score (nSPS) is 17.3. The van der Waals surface area contributed by atoms with E-state index in [1.54, 1.807) is 0 Å². The van der Waals surface area contributed by atoms with Gasteiger partial charge in [0, 0.05) is 6.07 Å². The molecule has 1 amide bonds. The Morgan fingerprint density at radius 1 is 1.23 bits per heavy atom. The fourth-order valence-electron chi connectivity index (χ4n) is 3.37. The van der Waals surface area contributed by atoms with Crippen molar-refractivity contribution in [2.75, 3.05) is 53.2 Å². The Bertz CT molecular complexity index is 588. The maximum atomic E-state index is 12.1. The smallest absolute Gasteiger partial charge is 0.234 e. The molecule has 0 spiro atoms. The fraction of sp³-hybridized carbons (Fsp3) is 0.632. The molecule has 1 aromatic rings. The standard InChI is InChI=1S/C19H29N3O4/c1-20-7-4-15-5-9-22(10-6-15)13-19(23)21-8-11-24-16-2-3-17-18(12-16)26-14-25-17/h2-3,12,15,20H,4-11,13-14H2,1H3,(H,21,23). The van der Waals surface area contributed by atoms with Gasteiger partial charge >= 0.3 is 0 Å². The average molecular weight is 363 g/mol. The molecule has 0 unspecified atom stereocenters. The van der Waals surface area contributed by atoms with Crippen LogP contribution in [0.3, 0.4) is 0 Å². The van der Waals surface area contributed by atoms with Gasteiger partial charge in [-0.15, -0.1) is 0 Å². The Hall–Kier alpha value is -1.99. The van der Waals surface area contributed by atoms with Crippen molar-refractivity contribution in [1.82, 2.24) is 15.5 Å². The topological polar surface area (TPSA) is 72.1 Å². The molecule has 0 bridgehead atoms. The van der Waals surface area contributed by atoms with Gasteiger partial charge in [-0.2, -0.15) is 0 Å². The molecule has 0 saturated carbocycles. The number of rotatable bonds is 9. The SMILES string of the molecule is CNCCC1CCN(CC(=O)NCCOc2ccc3c(c2)OCO3)CC1. The summed E-state index contributed by atoms with van der Waals surface area (Å²) in [6, 6.07) is 5.48. The van der Waals surface area contributed by atoms with Crippen LogP contribution in [0, 0.1) is 5.92 Å². The lowest BCUT2D eigenvalue weighted by Crippen LogP contribution is -2.42. The molecule has 0 aromatic heterocycles. The fourth-order valence-corrected chi connectivity index (χ4v) is 3.37. The van der Waals surface area contributed by atoms with Gasteiger partial charge in [-0.3, -0.25) is 9.69 Å². The van der Waals surface area contributed by atoms with Crippen molar-refractivity contribution >= 4 is 5.91 Å². The van der Waals surface area contributed by atoms with E-state index in [4.69, 9.17) is 14.2 Å². The molecule has 0 aliphatic carbocycles. The Labute approximate surface area is 155 Å². The molecular formula is C19H29N3O4. The zero-order valence-corrected chi connectivity index (χ0v) is 15.5. The summed E-state index contributed by atoms with van der Waals surface area (Å²) >= 11 is 0. The molecule has 0 atom stereocenters. The van der Waals surface area contributed by atoms with E-state index in [-0.39, 0.29) is 12.7 Å². The second-order valence-corrected chi connectivity index (χ2v) is 6.83.